The number of piperidine rings is 1. The molecule has 0 saturated carbocycles. The Kier molecular flexibility index (Phi) is 5.07. The van der Waals surface area contributed by atoms with Gasteiger partial charge in [-0.05, 0) is 31.9 Å². The average molecular weight is 333 g/mol. The zero-order chi connectivity index (χ0) is 16.2. The molecule has 1 aliphatic heterocycles. The van der Waals surface area contributed by atoms with Crippen LogP contribution in [0.2, 0.25) is 0 Å². The number of thiazole rings is 1. The van der Waals surface area contributed by atoms with Gasteiger partial charge in [0.2, 0.25) is 5.91 Å². The predicted octanol–water partition coefficient (Wildman–Crippen LogP) is 2.17. The van der Waals surface area contributed by atoms with Gasteiger partial charge in [-0.15, -0.1) is 11.3 Å². The highest BCUT2D eigenvalue weighted by molar-refractivity contribution is 7.13. The fourth-order valence-electron chi connectivity index (χ4n) is 3.03. The summed E-state index contributed by atoms with van der Waals surface area (Å²) in [5.41, 5.74) is 1.17. The molecule has 3 rings (SSSR count). The SMILES string of the molecule is Cc1cnn(C[C@@H]2CCCCN2CC(=O)N(C)c2nccs2)c1. The van der Waals surface area contributed by atoms with Crippen LogP contribution >= 0.6 is 11.3 Å². The van der Waals surface area contributed by atoms with E-state index in [0.717, 1.165) is 31.1 Å². The molecule has 1 saturated heterocycles. The third kappa shape index (κ3) is 3.97. The Morgan fingerprint density at radius 1 is 1.48 bits per heavy atom. The first kappa shape index (κ1) is 16.1. The Bertz CT molecular complexity index is 639. The molecule has 0 aromatic carbocycles. The highest BCUT2D eigenvalue weighted by Gasteiger charge is 2.26. The molecule has 7 heteroatoms. The number of rotatable bonds is 5. The van der Waals surface area contributed by atoms with E-state index in [9.17, 15) is 4.79 Å². The monoisotopic (exact) mass is 333 g/mol. The quantitative estimate of drug-likeness (QED) is 0.841. The van der Waals surface area contributed by atoms with Crippen LogP contribution in [0.4, 0.5) is 5.13 Å². The number of aryl methyl sites for hydroxylation is 1. The molecule has 0 aliphatic carbocycles. The molecular formula is C16H23N5OS. The zero-order valence-electron chi connectivity index (χ0n) is 13.7. The third-order valence-corrected chi connectivity index (χ3v) is 5.18. The van der Waals surface area contributed by atoms with Crippen molar-refractivity contribution in [3.63, 3.8) is 0 Å². The second-order valence-corrected chi connectivity index (χ2v) is 7.00. The van der Waals surface area contributed by atoms with Crippen molar-refractivity contribution in [3.8, 4) is 0 Å². The maximum absolute atomic E-state index is 12.5. The molecule has 0 radical (unpaired) electrons. The number of carbonyl (C=O) groups is 1. The highest BCUT2D eigenvalue weighted by atomic mass is 32.1. The van der Waals surface area contributed by atoms with Crippen LogP contribution < -0.4 is 4.90 Å². The van der Waals surface area contributed by atoms with Gasteiger partial charge in [-0.3, -0.25) is 19.3 Å². The number of amides is 1. The van der Waals surface area contributed by atoms with Gasteiger partial charge in [-0.1, -0.05) is 6.42 Å². The van der Waals surface area contributed by atoms with Crippen molar-refractivity contribution in [2.75, 3.05) is 25.0 Å². The second-order valence-electron chi connectivity index (χ2n) is 6.13. The van der Waals surface area contributed by atoms with E-state index >= 15 is 0 Å². The van der Waals surface area contributed by atoms with Crippen molar-refractivity contribution in [2.45, 2.75) is 38.8 Å². The summed E-state index contributed by atoms with van der Waals surface area (Å²) < 4.78 is 1.99. The summed E-state index contributed by atoms with van der Waals surface area (Å²) >= 11 is 1.49. The number of carbonyl (C=O) groups excluding carboxylic acids is 1. The summed E-state index contributed by atoms with van der Waals surface area (Å²) in [6.07, 6.45) is 9.17. The summed E-state index contributed by atoms with van der Waals surface area (Å²) in [4.78, 5) is 20.7. The first-order chi connectivity index (χ1) is 11.1. The van der Waals surface area contributed by atoms with Gasteiger partial charge in [0, 0.05) is 30.9 Å². The van der Waals surface area contributed by atoms with Gasteiger partial charge < -0.3 is 0 Å². The average Bonchev–Trinajstić information content (AvgIpc) is 3.20. The first-order valence-electron chi connectivity index (χ1n) is 8.02. The minimum atomic E-state index is 0.100. The van der Waals surface area contributed by atoms with Gasteiger partial charge in [0.05, 0.1) is 19.3 Å². The zero-order valence-corrected chi connectivity index (χ0v) is 14.5. The second kappa shape index (κ2) is 7.23. The van der Waals surface area contributed by atoms with Crippen LogP contribution in [-0.2, 0) is 11.3 Å². The Morgan fingerprint density at radius 3 is 3.04 bits per heavy atom. The normalized spacial score (nSPS) is 19.0. The number of hydrogen-bond acceptors (Lipinski definition) is 5. The van der Waals surface area contributed by atoms with Crippen molar-refractivity contribution in [3.05, 3.63) is 29.5 Å². The minimum absolute atomic E-state index is 0.100. The fourth-order valence-corrected chi connectivity index (χ4v) is 3.65. The van der Waals surface area contributed by atoms with Crippen molar-refractivity contribution in [2.24, 2.45) is 0 Å². The molecule has 124 valence electrons. The lowest BCUT2D eigenvalue weighted by Crippen LogP contribution is -2.47. The number of nitrogens with zero attached hydrogens (tertiary/aromatic N) is 5. The minimum Gasteiger partial charge on any atom is -0.290 e. The Hall–Kier alpha value is -1.73. The summed E-state index contributed by atoms with van der Waals surface area (Å²) in [6, 6.07) is 0.372. The molecule has 1 fully saturated rings. The van der Waals surface area contributed by atoms with Crippen LogP contribution in [0.1, 0.15) is 24.8 Å². The van der Waals surface area contributed by atoms with E-state index in [1.165, 1.54) is 23.3 Å². The number of hydrogen-bond donors (Lipinski definition) is 0. The lowest BCUT2D eigenvalue weighted by atomic mass is 10.0. The summed E-state index contributed by atoms with van der Waals surface area (Å²) in [5, 5.41) is 7.03. The summed E-state index contributed by atoms with van der Waals surface area (Å²) in [7, 11) is 1.80. The number of likely N-dealkylation sites (tertiary alicyclic amines) is 1. The molecule has 0 N–H and O–H groups in total. The Labute approximate surface area is 140 Å². The smallest absolute Gasteiger partial charge is 0.242 e. The van der Waals surface area contributed by atoms with Gasteiger partial charge in [0.1, 0.15) is 0 Å². The maximum atomic E-state index is 12.5. The van der Waals surface area contributed by atoms with E-state index in [-0.39, 0.29) is 5.91 Å². The number of likely N-dealkylation sites (N-methyl/N-ethyl adjacent to an activating group) is 1. The fraction of sp³-hybridized carbons (Fsp3) is 0.562. The van der Waals surface area contributed by atoms with Crippen molar-refractivity contribution in [1.82, 2.24) is 19.7 Å². The highest BCUT2D eigenvalue weighted by Crippen LogP contribution is 2.20. The van der Waals surface area contributed by atoms with Crippen LogP contribution in [0.5, 0.6) is 0 Å². The van der Waals surface area contributed by atoms with E-state index in [1.807, 2.05) is 16.3 Å². The van der Waals surface area contributed by atoms with Gasteiger partial charge in [0.25, 0.3) is 0 Å². The van der Waals surface area contributed by atoms with E-state index in [1.54, 1.807) is 18.1 Å². The molecule has 0 bridgehead atoms. The van der Waals surface area contributed by atoms with Crippen LogP contribution in [-0.4, -0.2) is 51.8 Å². The van der Waals surface area contributed by atoms with E-state index in [4.69, 9.17) is 0 Å². The Balaban J connectivity index is 1.63. The van der Waals surface area contributed by atoms with Gasteiger partial charge in [0.15, 0.2) is 5.13 Å². The number of aromatic nitrogens is 3. The molecule has 3 heterocycles. The van der Waals surface area contributed by atoms with E-state index in [2.05, 4.69) is 28.1 Å². The topological polar surface area (TPSA) is 54.3 Å². The molecule has 23 heavy (non-hydrogen) atoms. The van der Waals surface area contributed by atoms with Crippen LogP contribution in [0.25, 0.3) is 0 Å². The van der Waals surface area contributed by atoms with Crippen LogP contribution in [0, 0.1) is 6.92 Å². The van der Waals surface area contributed by atoms with Gasteiger partial charge in [-0.25, -0.2) is 4.98 Å². The van der Waals surface area contributed by atoms with Gasteiger partial charge in [-0.2, -0.15) is 5.10 Å². The molecule has 1 aliphatic rings. The standard InChI is InChI=1S/C16H23N5OS/c1-13-9-18-21(10-13)11-14-5-3-4-7-20(14)12-15(22)19(2)16-17-6-8-23-16/h6,8-10,14H,3-5,7,11-12H2,1-2H3/t14-/m0/s1. The first-order valence-corrected chi connectivity index (χ1v) is 8.90. The molecule has 6 nitrogen and oxygen atoms in total. The Morgan fingerprint density at radius 2 is 2.35 bits per heavy atom. The van der Waals surface area contributed by atoms with E-state index in [0.29, 0.717) is 12.6 Å². The van der Waals surface area contributed by atoms with Crippen molar-refractivity contribution < 1.29 is 4.79 Å². The molecule has 0 unspecified atom stereocenters. The predicted molar refractivity (Wildman–Crippen MR) is 91.7 cm³/mol. The molecule has 1 amide bonds. The van der Waals surface area contributed by atoms with Crippen molar-refractivity contribution >= 4 is 22.4 Å². The number of anilines is 1. The lowest BCUT2D eigenvalue weighted by Gasteiger charge is -2.35. The third-order valence-electron chi connectivity index (χ3n) is 4.33. The largest absolute Gasteiger partial charge is 0.290 e. The molecule has 2 aromatic rings. The molecule has 2 aromatic heterocycles. The van der Waals surface area contributed by atoms with Gasteiger partial charge >= 0.3 is 0 Å². The lowest BCUT2D eigenvalue weighted by molar-refractivity contribution is -0.120. The maximum Gasteiger partial charge on any atom is 0.242 e. The van der Waals surface area contributed by atoms with Crippen LogP contribution in [0.15, 0.2) is 24.0 Å². The van der Waals surface area contributed by atoms with Crippen molar-refractivity contribution in [1.29, 1.82) is 0 Å². The molecular weight excluding hydrogens is 310 g/mol. The summed E-state index contributed by atoms with van der Waals surface area (Å²) in [5.74, 6) is 0.100. The van der Waals surface area contributed by atoms with Crippen LogP contribution in [0.3, 0.4) is 0 Å². The van der Waals surface area contributed by atoms with E-state index < -0.39 is 0 Å². The summed E-state index contributed by atoms with van der Waals surface area (Å²) in [6.45, 7) is 4.32. The molecule has 1 atom stereocenters. The molecule has 0 spiro atoms.